The summed E-state index contributed by atoms with van der Waals surface area (Å²) in [5, 5.41) is 2.95. The van der Waals surface area contributed by atoms with Crippen LogP contribution in [-0.2, 0) is 16.4 Å². The Morgan fingerprint density at radius 2 is 1.70 bits per heavy atom. The number of rotatable bonds is 4. The average molecular weight is 428 g/mol. The van der Waals surface area contributed by atoms with E-state index in [2.05, 4.69) is 29.3 Å². The number of nitrogens with one attached hydrogen (secondary N) is 1. The second-order valence-electron chi connectivity index (χ2n) is 8.63. The van der Waals surface area contributed by atoms with E-state index in [0.717, 1.165) is 30.3 Å². The highest BCUT2D eigenvalue weighted by Crippen LogP contribution is 2.35. The van der Waals surface area contributed by atoms with Gasteiger partial charge in [-0.05, 0) is 80.1 Å². The summed E-state index contributed by atoms with van der Waals surface area (Å²) in [5.41, 5.74) is 4.02. The molecule has 4 rings (SSSR count). The normalized spacial score (nSPS) is 19.6. The highest BCUT2D eigenvalue weighted by atomic mass is 32.2. The molecule has 0 bridgehead atoms. The third-order valence-corrected chi connectivity index (χ3v) is 7.40. The second-order valence-corrected chi connectivity index (χ2v) is 10.5. The quantitative estimate of drug-likeness (QED) is 0.804. The van der Waals surface area contributed by atoms with Crippen molar-refractivity contribution in [3.05, 3.63) is 53.6 Å². The molecule has 0 saturated carbocycles. The van der Waals surface area contributed by atoms with E-state index in [4.69, 9.17) is 0 Å². The van der Waals surface area contributed by atoms with Gasteiger partial charge in [0, 0.05) is 36.1 Å². The molecule has 2 aliphatic heterocycles. The van der Waals surface area contributed by atoms with Crippen LogP contribution in [-0.4, -0.2) is 39.7 Å². The maximum Gasteiger partial charge on any atom is 0.255 e. The van der Waals surface area contributed by atoms with E-state index in [-0.39, 0.29) is 11.9 Å². The van der Waals surface area contributed by atoms with Gasteiger partial charge < -0.3 is 10.2 Å². The first kappa shape index (κ1) is 20.7. The van der Waals surface area contributed by atoms with Gasteiger partial charge in [-0.2, -0.15) is 0 Å². The van der Waals surface area contributed by atoms with Crippen LogP contribution in [0.5, 0.6) is 0 Å². The first-order chi connectivity index (χ1) is 14.2. The minimum atomic E-state index is -3.33. The summed E-state index contributed by atoms with van der Waals surface area (Å²) >= 11 is 0. The Hall–Kier alpha value is -2.54. The largest absolute Gasteiger partial charge is 0.372 e. The van der Waals surface area contributed by atoms with Crippen molar-refractivity contribution in [2.45, 2.75) is 39.2 Å². The number of carbonyl (C=O) groups is 1. The number of fused-ring (bicyclic) bond motifs is 1. The van der Waals surface area contributed by atoms with Crippen LogP contribution in [0.2, 0.25) is 0 Å². The van der Waals surface area contributed by atoms with Crippen LogP contribution in [0.1, 0.15) is 42.6 Å². The van der Waals surface area contributed by atoms with Crippen LogP contribution in [0.3, 0.4) is 0 Å². The van der Waals surface area contributed by atoms with Crippen LogP contribution in [0.4, 0.5) is 17.1 Å². The number of anilines is 3. The summed E-state index contributed by atoms with van der Waals surface area (Å²) in [6, 6.07) is 13.1. The number of sulfonamides is 1. The van der Waals surface area contributed by atoms with E-state index in [9.17, 15) is 13.2 Å². The minimum absolute atomic E-state index is 0.140. The van der Waals surface area contributed by atoms with Crippen molar-refractivity contribution >= 4 is 33.0 Å². The molecule has 2 aliphatic rings. The smallest absolute Gasteiger partial charge is 0.255 e. The van der Waals surface area contributed by atoms with Crippen molar-refractivity contribution in [3.8, 4) is 0 Å². The topological polar surface area (TPSA) is 69.7 Å². The molecule has 160 valence electrons. The molecule has 6 nitrogen and oxygen atoms in total. The Morgan fingerprint density at radius 1 is 1.03 bits per heavy atom. The van der Waals surface area contributed by atoms with Crippen LogP contribution < -0.4 is 14.5 Å². The Balaban J connectivity index is 1.45. The van der Waals surface area contributed by atoms with E-state index >= 15 is 0 Å². The third kappa shape index (κ3) is 4.17. The summed E-state index contributed by atoms with van der Waals surface area (Å²) in [6.07, 6.45) is 4.25. The molecule has 2 aromatic rings. The van der Waals surface area contributed by atoms with Crippen LogP contribution in [0, 0.1) is 5.92 Å². The number of hydrogen-bond donors (Lipinski definition) is 1. The fraction of sp³-hybridized carbons (Fsp3) is 0.435. The number of carbonyl (C=O) groups excluding carboxylic acids is 1. The van der Waals surface area contributed by atoms with Gasteiger partial charge in [-0.25, -0.2) is 8.42 Å². The average Bonchev–Trinajstić information content (AvgIpc) is 3.04. The van der Waals surface area contributed by atoms with Crippen molar-refractivity contribution in [1.29, 1.82) is 0 Å². The molecule has 1 fully saturated rings. The molecule has 1 amide bonds. The molecule has 7 heteroatoms. The highest BCUT2D eigenvalue weighted by Gasteiger charge is 2.32. The lowest BCUT2D eigenvalue weighted by molar-refractivity contribution is 0.102. The second kappa shape index (κ2) is 7.95. The summed E-state index contributed by atoms with van der Waals surface area (Å²) in [7, 11) is -3.33. The standard InChI is InChI=1S/C23H29N3O3S/c1-16-10-12-25(13-11-16)21-7-5-20(6-8-21)24-23(27)18-4-9-22-19(15-18)14-17(2)26(22)30(3,28)29/h4-9,15-17H,10-14H2,1-3H3,(H,24,27)/t17-/m0/s1. The molecule has 2 aromatic carbocycles. The Labute approximate surface area is 178 Å². The molecule has 1 saturated heterocycles. The summed E-state index contributed by atoms with van der Waals surface area (Å²) < 4.78 is 25.6. The van der Waals surface area contributed by atoms with Gasteiger partial charge in [0.25, 0.3) is 5.91 Å². The van der Waals surface area contributed by atoms with Crippen molar-refractivity contribution in [2.24, 2.45) is 5.92 Å². The van der Waals surface area contributed by atoms with Crippen molar-refractivity contribution in [3.63, 3.8) is 0 Å². The summed E-state index contributed by atoms with van der Waals surface area (Å²) in [6.45, 7) is 6.33. The molecule has 1 atom stereocenters. The Morgan fingerprint density at radius 3 is 2.33 bits per heavy atom. The van der Waals surface area contributed by atoms with Crippen LogP contribution >= 0.6 is 0 Å². The maximum absolute atomic E-state index is 12.7. The number of hydrogen-bond acceptors (Lipinski definition) is 4. The fourth-order valence-electron chi connectivity index (χ4n) is 4.47. The SMILES string of the molecule is CC1CCN(c2ccc(NC(=O)c3ccc4c(c3)C[C@H](C)N4S(C)(=O)=O)cc2)CC1. The van der Waals surface area contributed by atoms with Gasteiger partial charge in [-0.15, -0.1) is 0 Å². The first-order valence-corrected chi connectivity index (χ1v) is 12.4. The van der Waals surface area contributed by atoms with E-state index < -0.39 is 10.0 Å². The lowest BCUT2D eigenvalue weighted by Gasteiger charge is -2.32. The third-order valence-electron chi connectivity index (χ3n) is 6.13. The predicted molar refractivity (Wildman–Crippen MR) is 122 cm³/mol. The van der Waals surface area contributed by atoms with Gasteiger partial charge in [0.2, 0.25) is 10.0 Å². The molecule has 0 radical (unpaired) electrons. The lowest BCUT2D eigenvalue weighted by atomic mass is 9.99. The summed E-state index contributed by atoms with van der Waals surface area (Å²) in [5.74, 6) is 0.599. The number of benzene rings is 2. The number of piperidine rings is 1. The van der Waals surface area contributed by atoms with Crippen molar-refractivity contribution in [2.75, 3.05) is 33.9 Å². The van der Waals surface area contributed by atoms with Crippen LogP contribution in [0.15, 0.2) is 42.5 Å². The van der Waals surface area contributed by atoms with Gasteiger partial charge in [-0.3, -0.25) is 9.10 Å². The zero-order valence-corrected chi connectivity index (χ0v) is 18.6. The molecule has 2 heterocycles. The van der Waals surface area contributed by atoms with Gasteiger partial charge in [0.1, 0.15) is 0 Å². The van der Waals surface area contributed by atoms with E-state index in [0.29, 0.717) is 17.7 Å². The Bertz CT molecular complexity index is 1040. The van der Waals surface area contributed by atoms with Crippen LogP contribution in [0.25, 0.3) is 0 Å². The molecule has 1 N–H and O–H groups in total. The van der Waals surface area contributed by atoms with E-state index in [1.807, 2.05) is 19.1 Å². The van der Waals surface area contributed by atoms with Gasteiger partial charge in [0.15, 0.2) is 0 Å². The maximum atomic E-state index is 12.7. The minimum Gasteiger partial charge on any atom is -0.372 e. The van der Waals surface area contributed by atoms with Crippen molar-refractivity contribution in [1.82, 2.24) is 0 Å². The molecule has 0 aromatic heterocycles. The summed E-state index contributed by atoms with van der Waals surface area (Å²) in [4.78, 5) is 15.1. The molecule has 30 heavy (non-hydrogen) atoms. The first-order valence-electron chi connectivity index (χ1n) is 10.5. The molecular formula is C23H29N3O3S. The van der Waals surface area contributed by atoms with E-state index in [1.165, 1.54) is 29.1 Å². The monoisotopic (exact) mass is 427 g/mol. The predicted octanol–water partition coefficient (Wildman–Crippen LogP) is 3.89. The van der Waals surface area contributed by atoms with E-state index in [1.54, 1.807) is 18.2 Å². The fourth-order valence-corrected chi connectivity index (χ4v) is 5.74. The van der Waals surface area contributed by atoms with Gasteiger partial charge in [0.05, 0.1) is 11.9 Å². The van der Waals surface area contributed by atoms with Gasteiger partial charge in [-0.1, -0.05) is 6.92 Å². The number of nitrogens with zero attached hydrogens (tertiary/aromatic N) is 2. The molecular weight excluding hydrogens is 398 g/mol. The lowest BCUT2D eigenvalue weighted by Crippen LogP contribution is -2.34. The number of amides is 1. The zero-order chi connectivity index (χ0) is 21.5. The van der Waals surface area contributed by atoms with Gasteiger partial charge >= 0.3 is 0 Å². The van der Waals surface area contributed by atoms with Crippen molar-refractivity contribution < 1.29 is 13.2 Å². The molecule has 0 unspecified atom stereocenters. The highest BCUT2D eigenvalue weighted by molar-refractivity contribution is 7.92. The Kier molecular flexibility index (Phi) is 5.49. The zero-order valence-electron chi connectivity index (χ0n) is 17.8. The molecule has 0 spiro atoms. The molecule has 0 aliphatic carbocycles.